The third-order valence-electron chi connectivity index (χ3n) is 15.1. The summed E-state index contributed by atoms with van der Waals surface area (Å²) in [6, 6.07) is 18.2. The monoisotopic (exact) mass is 1070 g/mol. The predicted octanol–water partition coefficient (Wildman–Crippen LogP) is 25.0. The Morgan fingerprint density at radius 3 is 1.16 bits per heavy atom. The van der Waals surface area contributed by atoms with Crippen LogP contribution < -0.4 is 0 Å². The van der Waals surface area contributed by atoms with E-state index >= 15 is 0 Å². The summed E-state index contributed by atoms with van der Waals surface area (Å²) in [5.74, 6) is 0. The number of rotatable bonds is 47. The quantitative estimate of drug-likeness (QED) is 0.0273. The SMILES string of the molecule is C=C[CH2-].C=C[CH2-].CCCCCCCCC=CC1=C(c2ccc(CCCCCC)cc2)[N+](=[N-])C(c2cccc(CCCC)c2)=C1CCCCCCCCCCCCCCCCCCCCCCCCCCCCCC.[Ni+2]. The van der Waals surface area contributed by atoms with Gasteiger partial charge in [-0.1, -0.05) is 295 Å². The molecule has 0 saturated heterocycles. The molecular weight excluding hydrogens is 951 g/mol. The molecule has 0 unspecified atom stereocenters. The number of benzene rings is 2. The Labute approximate surface area is 478 Å². The first kappa shape index (κ1) is 72.0. The molecule has 0 radical (unpaired) electrons. The van der Waals surface area contributed by atoms with Crippen molar-refractivity contribution in [3.05, 3.63) is 139 Å². The fourth-order valence-electron chi connectivity index (χ4n) is 10.7. The molecule has 2 nitrogen and oxygen atoms in total. The molecule has 2 aromatic rings. The van der Waals surface area contributed by atoms with E-state index in [9.17, 15) is 5.53 Å². The van der Waals surface area contributed by atoms with Crippen molar-refractivity contribution in [1.29, 1.82) is 0 Å². The normalized spacial score (nSPS) is 12.2. The van der Waals surface area contributed by atoms with E-state index in [0.29, 0.717) is 0 Å². The van der Waals surface area contributed by atoms with Crippen LogP contribution in [0.15, 0.2) is 97.1 Å². The molecule has 0 spiro atoms. The first-order valence-electron chi connectivity index (χ1n) is 32.1. The van der Waals surface area contributed by atoms with Crippen LogP contribution in [0.1, 0.15) is 320 Å². The molecule has 0 bridgehead atoms. The van der Waals surface area contributed by atoms with E-state index in [-0.39, 0.29) is 16.5 Å². The largest absolute Gasteiger partial charge is 2.00 e. The number of hydrogen-bond donors (Lipinski definition) is 0. The van der Waals surface area contributed by atoms with Gasteiger partial charge in [-0.25, -0.2) is 43.9 Å². The van der Waals surface area contributed by atoms with Crippen molar-refractivity contribution in [2.45, 2.75) is 310 Å². The molecule has 2 aromatic carbocycles. The maximum atomic E-state index is 12.3. The van der Waals surface area contributed by atoms with Crippen LogP contribution in [0.4, 0.5) is 0 Å². The van der Waals surface area contributed by atoms with Crippen LogP contribution in [0, 0.1) is 13.8 Å². The summed E-state index contributed by atoms with van der Waals surface area (Å²) in [6.07, 6.45) is 67.4. The Morgan fingerprint density at radius 2 is 0.747 bits per heavy atom. The van der Waals surface area contributed by atoms with Crippen LogP contribution in [0.3, 0.4) is 0 Å². The van der Waals surface area contributed by atoms with Crippen molar-refractivity contribution in [2.75, 3.05) is 0 Å². The second-order valence-corrected chi connectivity index (χ2v) is 22.0. The smallest absolute Gasteiger partial charge is 0.493 e. The first-order chi connectivity index (χ1) is 36.5. The molecule has 0 fully saturated rings. The van der Waals surface area contributed by atoms with Gasteiger partial charge in [0.25, 0.3) is 0 Å². The molecule has 428 valence electrons. The van der Waals surface area contributed by atoms with Gasteiger partial charge in [0.2, 0.25) is 11.4 Å². The van der Waals surface area contributed by atoms with E-state index in [0.717, 1.165) is 48.2 Å². The van der Waals surface area contributed by atoms with E-state index in [4.69, 9.17) is 0 Å². The number of nitrogens with zero attached hydrogens (tertiary/aromatic N) is 2. The van der Waals surface area contributed by atoms with Gasteiger partial charge in [-0.05, 0) is 86.8 Å². The summed E-state index contributed by atoms with van der Waals surface area (Å²) in [6.45, 7) is 22.2. The minimum atomic E-state index is 0. The Hall–Kier alpha value is -3.03. The maximum Gasteiger partial charge on any atom is 2.00 e. The van der Waals surface area contributed by atoms with Gasteiger partial charge in [0, 0.05) is 16.7 Å². The third kappa shape index (κ3) is 37.4. The van der Waals surface area contributed by atoms with E-state index < -0.39 is 0 Å². The number of aryl methyl sites for hydroxylation is 2. The number of allylic oxidation sites excluding steroid dienone is 6. The zero-order valence-corrected chi connectivity index (χ0v) is 51.1. The summed E-state index contributed by atoms with van der Waals surface area (Å²) < 4.78 is 1.58. The molecule has 75 heavy (non-hydrogen) atoms. The summed E-state index contributed by atoms with van der Waals surface area (Å²) in [7, 11) is 0. The molecule has 3 rings (SSSR count). The van der Waals surface area contributed by atoms with Gasteiger partial charge in [0.05, 0.1) is 5.57 Å². The van der Waals surface area contributed by atoms with Gasteiger partial charge in [-0.3, -0.25) is 0 Å². The predicted molar refractivity (Wildman–Crippen MR) is 335 cm³/mol. The van der Waals surface area contributed by atoms with Crippen molar-refractivity contribution < 1.29 is 21.2 Å². The molecule has 0 saturated carbocycles. The average molecular weight is 1070 g/mol. The van der Waals surface area contributed by atoms with E-state index in [1.807, 2.05) is 0 Å². The topological polar surface area (TPSA) is 25.3 Å². The fourth-order valence-corrected chi connectivity index (χ4v) is 10.7. The van der Waals surface area contributed by atoms with Crippen LogP contribution in [0.5, 0.6) is 0 Å². The van der Waals surface area contributed by atoms with Crippen molar-refractivity contribution >= 4 is 11.4 Å². The van der Waals surface area contributed by atoms with Crippen molar-refractivity contribution in [3.8, 4) is 0 Å². The summed E-state index contributed by atoms with van der Waals surface area (Å²) in [5.41, 5.74) is 21.9. The molecule has 1 aliphatic rings. The summed E-state index contributed by atoms with van der Waals surface area (Å²) in [5, 5.41) is 0. The Morgan fingerprint density at radius 1 is 0.400 bits per heavy atom. The maximum absolute atomic E-state index is 12.3. The molecule has 1 aliphatic heterocycles. The van der Waals surface area contributed by atoms with Crippen LogP contribution in [-0.4, -0.2) is 4.70 Å². The van der Waals surface area contributed by atoms with E-state index in [1.165, 1.54) is 291 Å². The van der Waals surface area contributed by atoms with Gasteiger partial charge in [-0.2, -0.15) is 0 Å². The molecule has 0 atom stereocenters. The van der Waals surface area contributed by atoms with Crippen LogP contribution in [0.2, 0.25) is 0 Å². The summed E-state index contributed by atoms with van der Waals surface area (Å²) >= 11 is 0. The Balaban J connectivity index is 0.00000744. The van der Waals surface area contributed by atoms with Crippen LogP contribution >= 0.6 is 0 Å². The molecule has 0 aliphatic carbocycles. The van der Waals surface area contributed by atoms with E-state index in [2.05, 4.69) is 115 Å². The van der Waals surface area contributed by atoms with E-state index in [1.54, 1.807) is 4.70 Å². The van der Waals surface area contributed by atoms with Gasteiger partial charge in [0.15, 0.2) is 0 Å². The Bertz CT molecular complexity index is 1700. The van der Waals surface area contributed by atoms with Gasteiger partial charge < -0.3 is 5.53 Å². The standard InChI is InChI=1S/C66H110N2.2C3H5.Ni/c1-5-9-13-16-18-20-21-22-23-24-25-26-27-28-29-30-31-32-33-34-35-36-37-38-39-41-43-46-53-64-63(52-45-42-40-19-17-14-10-6-2)65(61-56-54-59(55-57-61)49-44-15-11-7-3)68(67)66(64)62-51-47-50-60(58-62)48-12-8-4;2*1-3-2;/h45,47,50-52,54-58H,5-44,46,48-49,53H2,1-4H3;2*3H,1-2H2;/q;2*-1;+2. The van der Waals surface area contributed by atoms with Crippen molar-refractivity contribution in [3.63, 3.8) is 0 Å². The molecule has 1 heterocycles. The fraction of sp³-hybridized carbons (Fsp3) is 0.667. The molecular formula is C72H120N2Ni. The second-order valence-electron chi connectivity index (χ2n) is 22.0. The molecule has 0 N–H and O–H groups in total. The first-order valence-corrected chi connectivity index (χ1v) is 32.1. The zero-order valence-electron chi connectivity index (χ0n) is 50.1. The van der Waals surface area contributed by atoms with Gasteiger partial charge >= 0.3 is 16.5 Å². The van der Waals surface area contributed by atoms with Gasteiger partial charge in [-0.15, -0.1) is 0 Å². The number of hydrogen-bond acceptors (Lipinski definition) is 0. The minimum Gasteiger partial charge on any atom is -0.493 e. The Kier molecular flexibility index (Phi) is 52.1. The number of unbranched alkanes of at least 4 members (excludes halogenated alkanes) is 37. The zero-order chi connectivity index (χ0) is 53.8. The third-order valence-corrected chi connectivity index (χ3v) is 15.1. The minimum absolute atomic E-state index is 0. The summed E-state index contributed by atoms with van der Waals surface area (Å²) in [4.78, 5) is 0. The van der Waals surface area contributed by atoms with Crippen LogP contribution in [-0.2, 0) is 29.3 Å². The van der Waals surface area contributed by atoms with Crippen LogP contribution in [0.25, 0.3) is 16.9 Å². The van der Waals surface area contributed by atoms with Crippen molar-refractivity contribution in [2.24, 2.45) is 0 Å². The molecule has 0 amide bonds. The second kappa shape index (κ2) is 54.3. The van der Waals surface area contributed by atoms with Gasteiger partial charge in [0.1, 0.15) is 0 Å². The molecule has 3 heteroatoms. The molecule has 0 aromatic heterocycles. The average Bonchev–Trinajstić information content (AvgIpc) is 3.68. The van der Waals surface area contributed by atoms with Crippen molar-refractivity contribution in [1.82, 2.24) is 0 Å².